The van der Waals surface area contributed by atoms with E-state index in [1.807, 2.05) is 123 Å². The van der Waals surface area contributed by atoms with Gasteiger partial charge in [0.2, 0.25) is 0 Å². The first-order valence-corrected chi connectivity index (χ1v) is 16.6. The quantitative estimate of drug-likeness (QED) is 0.162. The molecule has 0 saturated carbocycles. The van der Waals surface area contributed by atoms with E-state index in [1.54, 1.807) is 0 Å². The molecule has 248 valence electrons. The van der Waals surface area contributed by atoms with Gasteiger partial charge in [-0.15, -0.1) is 95.6 Å². The summed E-state index contributed by atoms with van der Waals surface area (Å²) < 4.78 is 2.43. The third kappa shape index (κ3) is 8.86. The molecular weight excluding hydrogens is 789 g/mol. The minimum absolute atomic E-state index is 0. The van der Waals surface area contributed by atoms with Gasteiger partial charge < -0.3 is 19.5 Å². The number of hydrogen-bond donors (Lipinski definition) is 0. The molecule has 4 nitrogen and oxygen atoms in total. The number of para-hydroxylation sites is 1. The van der Waals surface area contributed by atoms with Gasteiger partial charge in [-0.25, -0.2) is 0 Å². The molecule has 0 fully saturated rings. The van der Waals surface area contributed by atoms with E-state index in [9.17, 15) is 0 Å². The van der Waals surface area contributed by atoms with Gasteiger partial charge in [0, 0.05) is 29.6 Å². The normalized spacial score (nSPS) is 10.5. The molecule has 0 amide bonds. The second kappa shape index (κ2) is 17.4. The predicted molar refractivity (Wildman–Crippen MR) is 203 cm³/mol. The fourth-order valence-electron chi connectivity index (χ4n) is 5.80. The molecule has 8 aromatic rings. The summed E-state index contributed by atoms with van der Waals surface area (Å²) in [5, 5.41) is 2.58. The molecule has 0 spiro atoms. The monoisotopic (exact) mass is 828 g/mol. The molecule has 8 rings (SSSR count). The van der Waals surface area contributed by atoms with Crippen LogP contribution in [-0.4, -0.2) is 19.5 Å². The number of aromatic nitrogens is 4. The number of pyridine rings is 3. The van der Waals surface area contributed by atoms with E-state index in [-0.39, 0.29) is 20.1 Å². The average molecular weight is 828 g/mol. The zero-order valence-corrected chi connectivity index (χ0v) is 31.2. The van der Waals surface area contributed by atoms with E-state index in [1.165, 1.54) is 21.8 Å². The van der Waals surface area contributed by atoms with Crippen LogP contribution in [0.15, 0.2) is 146 Å². The van der Waals surface area contributed by atoms with Crippen LogP contribution in [0.3, 0.4) is 0 Å². The van der Waals surface area contributed by atoms with Gasteiger partial charge in [-0.1, -0.05) is 73.8 Å². The molecule has 0 bridgehead atoms. The number of rotatable bonds is 5. The first kappa shape index (κ1) is 36.1. The number of fused-ring (bicyclic) bond motifs is 3. The van der Waals surface area contributed by atoms with Crippen LogP contribution in [0.25, 0.3) is 55.6 Å². The van der Waals surface area contributed by atoms with Gasteiger partial charge in [0.05, 0.1) is 0 Å². The number of aryl methyl sites for hydroxylation is 2. The summed E-state index contributed by atoms with van der Waals surface area (Å²) in [6.45, 7) is 9.49. The Labute approximate surface area is 309 Å². The van der Waals surface area contributed by atoms with Crippen LogP contribution in [0.4, 0.5) is 0 Å². The molecule has 4 aromatic carbocycles. The number of benzene rings is 4. The maximum absolute atomic E-state index is 4.54. The van der Waals surface area contributed by atoms with Crippen LogP contribution >= 0.6 is 0 Å². The smallest absolute Gasteiger partial charge is 0.380 e. The molecule has 0 saturated heterocycles. The molecule has 4 aromatic heterocycles. The third-order valence-corrected chi connectivity index (χ3v) is 7.94. The Kier molecular flexibility index (Phi) is 12.6. The zero-order valence-electron chi connectivity index (χ0n) is 28.8. The van der Waals surface area contributed by atoms with Gasteiger partial charge >= 0.3 is 20.1 Å². The van der Waals surface area contributed by atoms with Crippen LogP contribution in [0.1, 0.15) is 25.2 Å². The molecule has 50 heavy (non-hydrogen) atoms. The zero-order chi connectivity index (χ0) is 34.0. The average Bonchev–Trinajstić information content (AvgIpc) is 3.46. The minimum atomic E-state index is 0. The third-order valence-electron chi connectivity index (χ3n) is 7.94. The van der Waals surface area contributed by atoms with Gasteiger partial charge in [-0.3, -0.25) is 0 Å². The summed E-state index contributed by atoms with van der Waals surface area (Å²) >= 11 is 0. The van der Waals surface area contributed by atoms with Crippen LogP contribution in [-0.2, 0) is 26.7 Å². The van der Waals surface area contributed by atoms with Gasteiger partial charge in [0.1, 0.15) is 0 Å². The standard InChI is InChI=1S/C21H19N2.2C12H10N.Ir/c1-15(2)14-23-20-12-4-3-8-16(20)17-9-7-10-18(21(17)23)19-11-5-6-13-22-19;2*1-10-6-5-9-12(13-10)11-7-3-2-4-8-11;/h3-9,11-13,15H,14H2,1-2H3;2*2-7,9H,1H3;/q3*-1;+3. The second-order valence-electron chi connectivity index (χ2n) is 12.2. The summed E-state index contributed by atoms with van der Waals surface area (Å²) in [6.07, 6.45) is 1.84. The van der Waals surface area contributed by atoms with Crippen molar-refractivity contribution in [2.24, 2.45) is 5.92 Å². The summed E-state index contributed by atoms with van der Waals surface area (Å²) in [5.41, 5.74) is 10.7. The molecule has 0 N–H and O–H groups in total. The molecule has 0 atom stereocenters. The van der Waals surface area contributed by atoms with Crippen molar-refractivity contribution >= 4 is 21.8 Å². The Morgan fingerprint density at radius 2 is 1.14 bits per heavy atom. The van der Waals surface area contributed by atoms with Gasteiger partial charge in [-0.2, -0.15) is 0 Å². The van der Waals surface area contributed by atoms with Crippen molar-refractivity contribution in [3.8, 4) is 33.8 Å². The summed E-state index contributed by atoms with van der Waals surface area (Å²) in [6, 6.07) is 56.3. The Balaban J connectivity index is 0.000000155. The Morgan fingerprint density at radius 3 is 1.68 bits per heavy atom. The summed E-state index contributed by atoms with van der Waals surface area (Å²) in [7, 11) is 0. The molecule has 0 aliphatic rings. The fraction of sp³-hybridized carbons (Fsp3) is 0.133. The topological polar surface area (TPSA) is 43.6 Å². The summed E-state index contributed by atoms with van der Waals surface area (Å²) in [5.74, 6) is 0.575. The first-order chi connectivity index (χ1) is 24.0. The van der Waals surface area contributed by atoms with Crippen molar-refractivity contribution in [3.63, 3.8) is 0 Å². The SMILES string of the molecule is CC(C)Cn1c2ccccc2c2cc[c-]c(-c3ccccn3)c21.Cc1cccc(-c2[c-]cccc2)n1.Cc1cccc(-c2[c-]cccc2)n1.[Ir+3]. The summed E-state index contributed by atoms with van der Waals surface area (Å²) in [4.78, 5) is 13.4. The maximum atomic E-state index is 4.54. The van der Waals surface area contributed by atoms with Crippen LogP contribution in [0.2, 0.25) is 0 Å². The Bertz CT molecular complexity index is 2160. The number of hydrogen-bond acceptors (Lipinski definition) is 3. The van der Waals surface area contributed by atoms with Crippen molar-refractivity contribution in [2.75, 3.05) is 0 Å². The van der Waals surface area contributed by atoms with Crippen LogP contribution < -0.4 is 0 Å². The largest absolute Gasteiger partial charge is 3.00 e. The first-order valence-electron chi connectivity index (χ1n) is 16.6. The van der Waals surface area contributed by atoms with E-state index >= 15 is 0 Å². The van der Waals surface area contributed by atoms with Crippen LogP contribution in [0, 0.1) is 38.0 Å². The molecule has 4 heterocycles. The fourth-order valence-corrected chi connectivity index (χ4v) is 5.80. The van der Waals surface area contributed by atoms with E-state index in [2.05, 4.69) is 88.0 Å². The maximum Gasteiger partial charge on any atom is 3.00 e. The van der Waals surface area contributed by atoms with Gasteiger partial charge in [0.25, 0.3) is 0 Å². The second-order valence-corrected chi connectivity index (χ2v) is 12.2. The molecule has 5 heteroatoms. The van der Waals surface area contributed by atoms with E-state index < -0.39 is 0 Å². The Morgan fingerprint density at radius 1 is 0.560 bits per heavy atom. The van der Waals surface area contributed by atoms with Crippen molar-refractivity contribution < 1.29 is 20.1 Å². The molecular formula is C45H39IrN4. The van der Waals surface area contributed by atoms with Gasteiger partial charge in [0.15, 0.2) is 0 Å². The van der Waals surface area contributed by atoms with Gasteiger partial charge in [-0.05, 0) is 72.0 Å². The molecule has 0 aliphatic carbocycles. The van der Waals surface area contributed by atoms with Crippen molar-refractivity contribution in [3.05, 3.63) is 175 Å². The van der Waals surface area contributed by atoms with Crippen molar-refractivity contribution in [2.45, 2.75) is 34.2 Å². The molecule has 0 radical (unpaired) electrons. The minimum Gasteiger partial charge on any atom is -0.380 e. The van der Waals surface area contributed by atoms with Crippen molar-refractivity contribution in [1.82, 2.24) is 19.5 Å². The predicted octanol–water partition coefficient (Wildman–Crippen LogP) is 11.0. The Hall–Kier alpha value is -5.22. The molecule has 0 aliphatic heterocycles. The molecule has 0 unspecified atom stereocenters. The van der Waals surface area contributed by atoms with Crippen LogP contribution in [0.5, 0.6) is 0 Å². The van der Waals surface area contributed by atoms with E-state index in [4.69, 9.17) is 0 Å². The van der Waals surface area contributed by atoms with E-state index in [0.717, 1.165) is 51.7 Å². The van der Waals surface area contributed by atoms with E-state index in [0.29, 0.717) is 5.92 Å². The number of nitrogens with zero attached hydrogens (tertiary/aromatic N) is 4. The van der Waals surface area contributed by atoms with Crippen molar-refractivity contribution in [1.29, 1.82) is 0 Å².